The van der Waals surface area contributed by atoms with Crippen molar-refractivity contribution in [3.8, 4) is 11.5 Å². The summed E-state index contributed by atoms with van der Waals surface area (Å²) in [5.41, 5.74) is 11.4. The van der Waals surface area contributed by atoms with Crippen LogP contribution in [0.4, 0.5) is 17.1 Å². The molecule has 9 rings (SSSR count). The zero-order valence-electron chi connectivity index (χ0n) is 31.9. The standard InChI is InChI=1S/C41H46N10O6/c1-56-35-15-29(13-27-22-50(41(55)37(27)35)33-5-6-36(52)47-40(33)54)49-20-25(21-49)19-48-11-7-28(8-12-48)44-17-26-14-32(34(16-31(26)42)57-23-24-3-4-24)46-39(53)30-18-45-51-10-2-9-43-38(30)51/h2,9-10,13-18,24-25,28,33H,3-8,11-12,19-23,42H2,1H3,(H,46,53)(H,47,52,54). The third-order valence-electron chi connectivity index (χ3n) is 11.7. The van der Waals surface area contributed by atoms with Gasteiger partial charge in [0.15, 0.2) is 5.65 Å². The maximum Gasteiger partial charge on any atom is 0.261 e. The number of anilines is 3. The number of methoxy groups -OCH3 is 1. The average Bonchev–Trinajstić information content (AvgIpc) is 3.83. The number of benzene rings is 2. The predicted octanol–water partition coefficient (Wildman–Crippen LogP) is 3.14. The molecular weight excluding hydrogens is 729 g/mol. The lowest BCUT2D eigenvalue weighted by atomic mass is 9.95. The number of imide groups is 1. The molecule has 4 amide bonds. The minimum absolute atomic E-state index is 0.161. The van der Waals surface area contributed by atoms with Crippen LogP contribution < -0.4 is 30.7 Å². The average molecular weight is 775 g/mol. The molecule has 4 fully saturated rings. The maximum atomic E-state index is 13.4. The number of nitrogens with one attached hydrogen (secondary N) is 2. The molecule has 16 nitrogen and oxygen atoms in total. The first-order chi connectivity index (χ1) is 27.7. The highest BCUT2D eigenvalue weighted by Gasteiger charge is 2.41. The number of nitrogen functional groups attached to an aromatic ring is 1. The second-order valence-electron chi connectivity index (χ2n) is 15.8. The molecule has 4 aliphatic heterocycles. The van der Waals surface area contributed by atoms with Gasteiger partial charge < -0.3 is 35.2 Å². The van der Waals surface area contributed by atoms with Gasteiger partial charge in [0.2, 0.25) is 11.8 Å². The summed E-state index contributed by atoms with van der Waals surface area (Å²) in [7, 11) is 1.56. The van der Waals surface area contributed by atoms with Gasteiger partial charge in [-0.15, -0.1) is 0 Å². The molecule has 296 valence electrons. The van der Waals surface area contributed by atoms with Crippen molar-refractivity contribution in [1.82, 2.24) is 29.7 Å². The Morgan fingerprint density at radius 3 is 2.65 bits per heavy atom. The van der Waals surface area contributed by atoms with Gasteiger partial charge in [-0.3, -0.25) is 29.5 Å². The SMILES string of the molecule is COc1cc(N2CC(CN3CCC(N=Cc4cc(NC(=O)c5cnn6cccnc56)c(OCC5CC5)cc4N)CC3)C2)cc2c1C(=O)N(C1CCC(=O)NC1=O)C2. The number of carbonyl (C=O) groups is 4. The number of ether oxygens (including phenoxy) is 2. The summed E-state index contributed by atoms with van der Waals surface area (Å²) in [6.07, 6.45) is 11.4. The summed E-state index contributed by atoms with van der Waals surface area (Å²) in [6, 6.07) is 8.81. The first-order valence-corrected chi connectivity index (χ1v) is 19.7. The van der Waals surface area contributed by atoms with Gasteiger partial charge >= 0.3 is 0 Å². The number of aliphatic imine (C=N–C) groups is 1. The molecule has 4 N–H and O–H groups in total. The highest BCUT2D eigenvalue weighted by atomic mass is 16.5. The minimum atomic E-state index is -0.666. The van der Waals surface area contributed by atoms with Crippen LogP contribution in [-0.2, 0) is 16.1 Å². The van der Waals surface area contributed by atoms with Crippen molar-refractivity contribution in [3.63, 3.8) is 0 Å². The molecule has 57 heavy (non-hydrogen) atoms. The molecule has 16 heteroatoms. The maximum absolute atomic E-state index is 13.4. The van der Waals surface area contributed by atoms with Crippen LogP contribution in [0.1, 0.15) is 70.4 Å². The second-order valence-corrected chi connectivity index (χ2v) is 15.8. The number of hydrogen-bond donors (Lipinski definition) is 3. The molecule has 0 spiro atoms. The molecular formula is C41H46N10O6. The van der Waals surface area contributed by atoms with Crippen molar-refractivity contribution >= 4 is 52.6 Å². The van der Waals surface area contributed by atoms with Crippen molar-refractivity contribution in [2.75, 3.05) is 62.4 Å². The Morgan fingerprint density at radius 1 is 1.05 bits per heavy atom. The molecule has 0 bridgehead atoms. The Kier molecular flexibility index (Phi) is 9.72. The van der Waals surface area contributed by atoms with Crippen LogP contribution in [0.2, 0.25) is 0 Å². The third kappa shape index (κ3) is 7.48. The monoisotopic (exact) mass is 774 g/mol. The number of amides is 4. The Balaban J connectivity index is 0.791. The van der Waals surface area contributed by atoms with E-state index >= 15 is 0 Å². The van der Waals surface area contributed by atoms with Crippen molar-refractivity contribution in [2.45, 2.75) is 57.2 Å². The fourth-order valence-electron chi connectivity index (χ4n) is 8.31. The minimum Gasteiger partial charge on any atom is -0.496 e. The molecule has 4 aromatic rings. The Morgan fingerprint density at radius 2 is 1.88 bits per heavy atom. The zero-order valence-corrected chi connectivity index (χ0v) is 31.9. The van der Waals surface area contributed by atoms with Gasteiger partial charge in [0.05, 0.1) is 37.2 Å². The molecule has 6 heterocycles. The van der Waals surface area contributed by atoms with E-state index in [1.165, 1.54) is 6.20 Å². The Hall–Kier alpha value is -6.03. The summed E-state index contributed by atoms with van der Waals surface area (Å²) in [4.78, 5) is 66.6. The van der Waals surface area contributed by atoms with Crippen molar-refractivity contribution in [1.29, 1.82) is 0 Å². The van der Waals surface area contributed by atoms with Gasteiger partial charge in [-0.1, -0.05) is 0 Å². The van der Waals surface area contributed by atoms with E-state index in [4.69, 9.17) is 20.2 Å². The van der Waals surface area contributed by atoms with Crippen LogP contribution in [0.5, 0.6) is 11.5 Å². The summed E-state index contributed by atoms with van der Waals surface area (Å²) in [5.74, 6) is 0.771. The van der Waals surface area contributed by atoms with Gasteiger partial charge in [0.25, 0.3) is 11.8 Å². The number of rotatable bonds is 12. The largest absolute Gasteiger partial charge is 0.496 e. The summed E-state index contributed by atoms with van der Waals surface area (Å²) in [6.45, 7) is 5.57. The molecule has 1 unspecified atom stereocenters. The van der Waals surface area contributed by atoms with Crippen molar-refractivity contribution in [3.05, 3.63) is 71.2 Å². The highest BCUT2D eigenvalue weighted by molar-refractivity contribution is 6.09. The highest BCUT2D eigenvalue weighted by Crippen LogP contribution is 2.39. The molecule has 2 aromatic heterocycles. The van der Waals surface area contributed by atoms with Crippen molar-refractivity contribution in [2.24, 2.45) is 16.8 Å². The fraction of sp³-hybridized carbons (Fsp3) is 0.439. The van der Waals surface area contributed by atoms with E-state index in [1.807, 2.05) is 24.4 Å². The number of hydrogen-bond acceptors (Lipinski definition) is 12. The first-order valence-electron chi connectivity index (χ1n) is 19.7. The van der Waals surface area contributed by atoms with Crippen molar-refractivity contribution < 1.29 is 28.7 Å². The van der Waals surface area contributed by atoms with Gasteiger partial charge in [-0.05, 0) is 61.8 Å². The Bertz CT molecular complexity index is 2270. The molecule has 3 saturated heterocycles. The number of nitrogens with two attached hydrogens (primary N) is 1. The van der Waals surface area contributed by atoms with E-state index in [9.17, 15) is 19.2 Å². The van der Waals surface area contributed by atoms with E-state index in [1.54, 1.807) is 41.1 Å². The van der Waals surface area contributed by atoms with Crippen LogP contribution in [0.15, 0.2) is 53.9 Å². The fourth-order valence-corrected chi connectivity index (χ4v) is 8.31. The number of piperidine rings is 2. The van der Waals surface area contributed by atoms with Crippen LogP contribution in [-0.4, -0.2) is 113 Å². The number of fused-ring (bicyclic) bond motifs is 2. The summed E-state index contributed by atoms with van der Waals surface area (Å²) in [5, 5.41) is 9.62. The second kappa shape index (κ2) is 15.1. The van der Waals surface area contributed by atoms with E-state index in [-0.39, 0.29) is 30.2 Å². The topological polar surface area (TPSA) is 189 Å². The van der Waals surface area contributed by atoms with E-state index in [0.717, 1.165) is 75.2 Å². The molecule has 2 aromatic carbocycles. The van der Waals surface area contributed by atoms with Crippen LogP contribution in [0.3, 0.4) is 0 Å². The van der Waals surface area contributed by atoms with Gasteiger partial charge in [0.1, 0.15) is 23.1 Å². The normalized spacial score (nSPS) is 20.6. The molecule has 1 atom stereocenters. The zero-order chi connectivity index (χ0) is 39.2. The van der Waals surface area contributed by atoms with Gasteiger partial charge in [-0.25, -0.2) is 9.50 Å². The molecule has 1 aliphatic carbocycles. The smallest absolute Gasteiger partial charge is 0.261 e. The lowest BCUT2D eigenvalue weighted by Gasteiger charge is -2.44. The lowest BCUT2D eigenvalue weighted by molar-refractivity contribution is -0.136. The van der Waals surface area contributed by atoms with E-state index in [0.29, 0.717) is 71.1 Å². The predicted molar refractivity (Wildman–Crippen MR) is 212 cm³/mol. The molecule has 0 radical (unpaired) electrons. The summed E-state index contributed by atoms with van der Waals surface area (Å²) < 4.78 is 13.4. The lowest BCUT2D eigenvalue weighted by Crippen LogP contribution is -2.52. The number of nitrogens with zero attached hydrogens (tertiary/aromatic N) is 7. The third-order valence-corrected chi connectivity index (χ3v) is 11.7. The Labute approximate surface area is 329 Å². The summed E-state index contributed by atoms with van der Waals surface area (Å²) >= 11 is 0. The van der Waals surface area contributed by atoms with E-state index in [2.05, 4.69) is 30.5 Å². The van der Waals surface area contributed by atoms with Crippen LogP contribution >= 0.6 is 0 Å². The molecule has 1 saturated carbocycles. The number of likely N-dealkylation sites (tertiary alicyclic amines) is 1. The molecule has 5 aliphatic rings. The van der Waals surface area contributed by atoms with Gasteiger partial charge in [0, 0.05) is 99.3 Å². The van der Waals surface area contributed by atoms with Crippen LogP contribution in [0, 0.1) is 11.8 Å². The van der Waals surface area contributed by atoms with Crippen LogP contribution in [0.25, 0.3) is 5.65 Å². The van der Waals surface area contributed by atoms with Gasteiger partial charge in [-0.2, -0.15) is 5.10 Å². The van der Waals surface area contributed by atoms with E-state index < -0.39 is 11.9 Å². The number of aromatic nitrogens is 3. The first kappa shape index (κ1) is 36.6. The number of carbonyl (C=O) groups excluding carboxylic acids is 4. The quantitative estimate of drug-likeness (QED) is 0.109.